The summed E-state index contributed by atoms with van der Waals surface area (Å²) in [5, 5.41) is 4.63. The summed E-state index contributed by atoms with van der Waals surface area (Å²) in [5.41, 5.74) is 5.21. The number of carbonyl (C=O) groups excluding carboxylic acids is 2. The van der Waals surface area contributed by atoms with Gasteiger partial charge in [-0.3, -0.25) is 4.79 Å². The summed E-state index contributed by atoms with van der Waals surface area (Å²) in [4.78, 5) is 24.5. The highest BCUT2D eigenvalue weighted by atomic mass is 79.9. The van der Waals surface area contributed by atoms with Gasteiger partial charge in [-0.25, -0.2) is 10.2 Å². The Labute approximate surface area is 217 Å². The molecule has 0 aliphatic carbocycles. The number of halogens is 2. The van der Waals surface area contributed by atoms with E-state index in [-0.39, 0.29) is 12.4 Å². The van der Waals surface area contributed by atoms with E-state index in [4.69, 9.17) is 25.8 Å². The molecule has 3 aromatic rings. The Morgan fingerprint density at radius 2 is 1.69 bits per heavy atom. The van der Waals surface area contributed by atoms with E-state index in [0.717, 1.165) is 15.6 Å². The molecular formula is C26H24BrClN2O5. The van der Waals surface area contributed by atoms with Crippen LogP contribution in [0.3, 0.4) is 0 Å². The zero-order valence-electron chi connectivity index (χ0n) is 19.4. The fraction of sp³-hybridized carbons (Fsp3) is 0.192. The molecule has 0 atom stereocenters. The van der Waals surface area contributed by atoms with Gasteiger partial charge in [-0.15, -0.1) is 0 Å². The van der Waals surface area contributed by atoms with E-state index in [9.17, 15) is 9.59 Å². The average Bonchev–Trinajstić information content (AvgIpc) is 2.83. The number of hydrogen-bond acceptors (Lipinski definition) is 6. The quantitative estimate of drug-likeness (QED) is 0.153. The maximum absolute atomic E-state index is 12.4. The van der Waals surface area contributed by atoms with Gasteiger partial charge in [0.2, 0.25) is 0 Å². The zero-order chi connectivity index (χ0) is 25.4. The summed E-state index contributed by atoms with van der Waals surface area (Å²) in [6.45, 7) is 5.74. The Morgan fingerprint density at radius 3 is 2.34 bits per heavy atom. The minimum Gasteiger partial charge on any atom is -0.490 e. The first-order chi connectivity index (χ1) is 16.8. The van der Waals surface area contributed by atoms with Crippen molar-refractivity contribution in [2.75, 3.05) is 13.2 Å². The number of hydrazone groups is 1. The Bertz CT molecular complexity index is 1220. The fourth-order valence-corrected chi connectivity index (χ4v) is 3.43. The highest BCUT2D eigenvalue weighted by Gasteiger charge is 2.13. The third kappa shape index (κ3) is 7.56. The second-order valence-electron chi connectivity index (χ2n) is 7.49. The lowest BCUT2D eigenvalue weighted by atomic mass is 10.1. The molecule has 7 nitrogen and oxygen atoms in total. The van der Waals surface area contributed by atoms with E-state index in [0.29, 0.717) is 34.3 Å². The second kappa shape index (κ2) is 12.4. The van der Waals surface area contributed by atoms with E-state index < -0.39 is 11.9 Å². The number of ether oxygens (including phenoxy) is 3. The van der Waals surface area contributed by atoms with Gasteiger partial charge >= 0.3 is 5.97 Å². The minimum atomic E-state index is -0.502. The van der Waals surface area contributed by atoms with Crippen molar-refractivity contribution in [1.82, 2.24) is 5.43 Å². The van der Waals surface area contributed by atoms with Gasteiger partial charge in [0, 0.05) is 9.50 Å². The number of esters is 1. The molecule has 35 heavy (non-hydrogen) atoms. The highest BCUT2D eigenvalue weighted by molar-refractivity contribution is 9.10. The topological polar surface area (TPSA) is 86.2 Å². The van der Waals surface area contributed by atoms with Crippen LogP contribution in [0.15, 0.2) is 64.2 Å². The fourth-order valence-electron chi connectivity index (χ4n) is 3.05. The van der Waals surface area contributed by atoms with Gasteiger partial charge in [-0.05, 0) is 92.1 Å². The molecule has 0 radical (unpaired) electrons. The molecule has 3 rings (SSSR count). The van der Waals surface area contributed by atoms with Crippen LogP contribution in [0.1, 0.15) is 34.0 Å². The van der Waals surface area contributed by atoms with Gasteiger partial charge in [0.15, 0.2) is 18.1 Å². The molecule has 1 amide bonds. The molecule has 182 valence electrons. The van der Waals surface area contributed by atoms with Gasteiger partial charge in [-0.2, -0.15) is 5.10 Å². The van der Waals surface area contributed by atoms with Crippen molar-refractivity contribution >= 4 is 45.6 Å². The van der Waals surface area contributed by atoms with Crippen LogP contribution >= 0.6 is 27.5 Å². The third-order valence-corrected chi connectivity index (χ3v) is 5.86. The van der Waals surface area contributed by atoms with Crippen LogP contribution in [-0.2, 0) is 4.79 Å². The summed E-state index contributed by atoms with van der Waals surface area (Å²) < 4.78 is 17.5. The lowest BCUT2D eigenvalue weighted by Crippen LogP contribution is -2.24. The zero-order valence-corrected chi connectivity index (χ0v) is 21.8. The number of amides is 1. The molecule has 0 fully saturated rings. The number of hydrogen-bond donors (Lipinski definition) is 1. The van der Waals surface area contributed by atoms with Gasteiger partial charge < -0.3 is 14.2 Å². The Balaban J connectivity index is 1.59. The number of rotatable bonds is 9. The molecule has 0 heterocycles. The molecular weight excluding hydrogens is 536 g/mol. The van der Waals surface area contributed by atoms with E-state index in [1.54, 1.807) is 54.6 Å². The van der Waals surface area contributed by atoms with E-state index in [2.05, 4.69) is 26.5 Å². The molecule has 0 aromatic heterocycles. The summed E-state index contributed by atoms with van der Waals surface area (Å²) in [6.07, 6.45) is 1.46. The molecule has 0 bridgehead atoms. The predicted molar refractivity (Wildman–Crippen MR) is 139 cm³/mol. The molecule has 0 unspecified atom stereocenters. The van der Waals surface area contributed by atoms with Crippen molar-refractivity contribution in [2.45, 2.75) is 20.8 Å². The highest BCUT2D eigenvalue weighted by Crippen LogP contribution is 2.29. The summed E-state index contributed by atoms with van der Waals surface area (Å²) in [7, 11) is 0. The van der Waals surface area contributed by atoms with Crippen molar-refractivity contribution in [3.8, 4) is 17.2 Å². The lowest BCUT2D eigenvalue weighted by Gasteiger charge is -2.11. The van der Waals surface area contributed by atoms with Crippen LogP contribution in [-0.4, -0.2) is 31.3 Å². The van der Waals surface area contributed by atoms with Gasteiger partial charge in [-0.1, -0.05) is 27.5 Å². The van der Waals surface area contributed by atoms with Crippen LogP contribution in [0.25, 0.3) is 0 Å². The molecule has 3 aromatic carbocycles. The number of carbonyl (C=O) groups is 2. The first-order valence-electron chi connectivity index (χ1n) is 10.7. The van der Waals surface area contributed by atoms with E-state index in [1.165, 1.54) is 6.21 Å². The minimum absolute atomic E-state index is 0.201. The molecule has 0 aliphatic rings. The normalized spacial score (nSPS) is 10.8. The Morgan fingerprint density at radius 1 is 1.00 bits per heavy atom. The van der Waals surface area contributed by atoms with Crippen molar-refractivity contribution in [3.63, 3.8) is 0 Å². The summed E-state index contributed by atoms with van der Waals surface area (Å²) >= 11 is 9.48. The van der Waals surface area contributed by atoms with Crippen LogP contribution in [0.2, 0.25) is 5.02 Å². The van der Waals surface area contributed by atoms with Crippen LogP contribution in [0.5, 0.6) is 17.2 Å². The molecule has 0 aliphatic heterocycles. The maximum Gasteiger partial charge on any atom is 0.343 e. The first-order valence-corrected chi connectivity index (χ1v) is 11.9. The number of nitrogens with zero attached hydrogens (tertiary/aromatic N) is 1. The number of aryl methyl sites for hydroxylation is 2. The van der Waals surface area contributed by atoms with Crippen molar-refractivity contribution < 1.29 is 23.8 Å². The van der Waals surface area contributed by atoms with Crippen LogP contribution in [0, 0.1) is 13.8 Å². The number of benzene rings is 3. The SMILES string of the molecule is CCOc1cc(/C=N\NC(=O)COc2cc(C)c(Cl)c(C)c2)ccc1OC(=O)c1ccc(Br)cc1. The second-order valence-corrected chi connectivity index (χ2v) is 8.78. The van der Waals surface area contributed by atoms with Crippen molar-refractivity contribution in [3.05, 3.63) is 86.3 Å². The van der Waals surface area contributed by atoms with Crippen LogP contribution < -0.4 is 19.6 Å². The predicted octanol–water partition coefficient (Wildman–Crippen LogP) is 5.87. The Hall–Kier alpha value is -3.36. The van der Waals surface area contributed by atoms with E-state index in [1.807, 2.05) is 20.8 Å². The van der Waals surface area contributed by atoms with Gasteiger partial charge in [0.25, 0.3) is 5.91 Å². The van der Waals surface area contributed by atoms with Crippen molar-refractivity contribution in [2.24, 2.45) is 5.10 Å². The molecule has 0 saturated carbocycles. The van der Waals surface area contributed by atoms with E-state index >= 15 is 0 Å². The van der Waals surface area contributed by atoms with Gasteiger partial charge in [0.05, 0.1) is 18.4 Å². The monoisotopic (exact) mass is 558 g/mol. The molecule has 0 spiro atoms. The standard InChI is InChI=1S/C26H24BrClN2O5/c1-4-33-23-13-18(5-10-22(23)35-26(32)19-6-8-20(27)9-7-19)14-29-30-24(31)15-34-21-11-16(2)25(28)17(3)12-21/h5-14H,4,15H2,1-3H3,(H,30,31)/b29-14-. The average molecular weight is 560 g/mol. The molecule has 0 saturated heterocycles. The lowest BCUT2D eigenvalue weighted by molar-refractivity contribution is -0.123. The van der Waals surface area contributed by atoms with Crippen molar-refractivity contribution in [1.29, 1.82) is 0 Å². The maximum atomic E-state index is 12.4. The molecule has 9 heteroatoms. The third-order valence-electron chi connectivity index (χ3n) is 4.73. The summed E-state index contributed by atoms with van der Waals surface area (Å²) in [5.74, 6) is 0.293. The van der Waals surface area contributed by atoms with Crippen LogP contribution in [0.4, 0.5) is 0 Å². The Kier molecular flexibility index (Phi) is 9.28. The summed E-state index contributed by atoms with van der Waals surface area (Å²) in [6, 6.07) is 15.4. The first kappa shape index (κ1) is 26.2. The smallest absolute Gasteiger partial charge is 0.343 e. The number of nitrogens with one attached hydrogen (secondary N) is 1. The van der Waals surface area contributed by atoms with Gasteiger partial charge in [0.1, 0.15) is 5.75 Å². The largest absolute Gasteiger partial charge is 0.490 e. The molecule has 1 N–H and O–H groups in total.